The maximum Gasteiger partial charge on any atom is 0.270 e. The van der Waals surface area contributed by atoms with E-state index >= 15 is 0 Å². The highest BCUT2D eigenvalue weighted by Crippen LogP contribution is 2.24. The van der Waals surface area contributed by atoms with E-state index in [0.717, 1.165) is 17.5 Å². The number of aromatic nitrogens is 2. The zero-order chi connectivity index (χ0) is 19.6. The maximum absolute atomic E-state index is 13.3. The molecule has 5 heteroatoms. The van der Waals surface area contributed by atoms with E-state index in [0.29, 0.717) is 17.1 Å². The summed E-state index contributed by atoms with van der Waals surface area (Å²) < 4.78 is 14.9. The van der Waals surface area contributed by atoms with E-state index in [1.165, 1.54) is 17.7 Å². The summed E-state index contributed by atoms with van der Waals surface area (Å²) in [7, 11) is 0. The first-order valence-corrected chi connectivity index (χ1v) is 9.13. The van der Waals surface area contributed by atoms with Gasteiger partial charge in [0, 0.05) is 11.6 Å². The fourth-order valence-corrected chi connectivity index (χ4v) is 2.76. The van der Waals surface area contributed by atoms with E-state index in [-0.39, 0.29) is 17.8 Å². The van der Waals surface area contributed by atoms with Crippen molar-refractivity contribution in [1.29, 1.82) is 0 Å². The molecule has 0 saturated carbocycles. The lowest BCUT2D eigenvalue weighted by atomic mass is 10.0. The Hall–Kier alpha value is -2.95. The van der Waals surface area contributed by atoms with Crippen LogP contribution in [0, 0.1) is 19.7 Å². The molecule has 2 aromatic carbocycles. The molecule has 1 N–H and O–H groups in total. The first-order valence-electron chi connectivity index (χ1n) is 9.13. The van der Waals surface area contributed by atoms with Crippen LogP contribution in [0.3, 0.4) is 0 Å². The maximum atomic E-state index is 13.3. The van der Waals surface area contributed by atoms with Crippen molar-refractivity contribution < 1.29 is 9.18 Å². The van der Waals surface area contributed by atoms with Gasteiger partial charge in [-0.1, -0.05) is 19.1 Å². The Morgan fingerprint density at radius 3 is 2.44 bits per heavy atom. The van der Waals surface area contributed by atoms with Gasteiger partial charge in [0.05, 0.1) is 11.4 Å². The molecule has 0 aliphatic rings. The van der Waals surface area contributed by atoms with Crippen molar-refractivity contribution in [2.24, 2.45) is 0 Å². The van der Waals surface area contributed by atoms with E-state index in [1.54, 1.807) is 22.9 Å². The van der Waals surface area contributed by atoms with Crippen molar-refractivity contribution in [1.82, 2.24) is 15.1 Å². The molecule has 0 fully saturated rings. The van der Waals surface area contributed by atoms with Crippen LogP contribution in [0.2, 0.25) is 0 Å². The molecule has 0 aliphatic heterocycles. The highest BCUT2D eigenvalue weighted by Gasteiger charge is 2.19. The molecule has 1 amide bonds. The first-order chi connectivity index (χ1) is 12.9. The smallest absolute Gasteiger partial charge is 0.270 e. The molecule has 3 aromatic rings. The number of amides is 1. The monoisotopic (exact) mass is 365 g/mol. The zero-order valence-electron chi connectivity index (χ0n) is 16.1. The molecule has 4 nitrogen and oxygen atoms in total. The van der Waals surface area contributed by atoms with E-state index < -0.39 is 0 Å². The normalized spacial score (nSPS) is 12.0. The van der Waals surface area contributed by atoms with Crippen molar-refractivity contribution in [2.45, 2.75) is 40.2 Å². The third kappa shape index (κ3) is 4.08. The number of nitrogens with one attached hydrogen (secondary N) is 1. The fraction of sp³-hybridized carbons (Fsp3) is 0.273. The number of hydrogen-bond donors (Lipinski definition) is 1. The lowest BCUT2D eigenvalue weighted by molar-refractivity contribution is 0.0931. The Balaban J connectivity index is 2.09. The lowest BCUT2D eigenvalue weighted by Crippen LogP contribution is -2.33. The van der Waals surface area contributed by atoms with Gasteiger partial charge in [0.25, 0.3) is 5.91 Å². The molecule has 0 bridgehead atoms. The summed E-state index contributed by atoms with van der Waals surface area (Å²) in [6.45, 7) is 8.08. The topological polar surface area (TPSA) is 46.9 Å². The fourth-order valence-electron chi connectivity index (χ4n) is 2.76. The summed E-state index contributed by atoms with van der Waals surface area (Å²) in [6, 6.07) is 13.9. The van der Waals surface area contributed by atoms with Gasteiger partial charge >= 0.3 is 0 Å². The first kappa shape index (κ1) is 18.8. The minimum atomic E-state index is -0.328. The van der Waals surface area contributed by atoms with Crippen molar-refractivity contribution in [2.75, 3.05) is 0 Å². The van der Waals surface area contributed by atoms with Crippen LogP contribution in [-0.4, -0.2) is 21.7 Å². The van der Waals surface area contributed by atoms with E-state index in [2.05, 4.69) is 23.4 Å². The van der Waals surface area contributed by atoms with Crippen molar-refractivity contribution in [3.63, 3.8) is 0 Å². The molecule has 0 aliphatic carbocycles. The van der Waals surface area contributed by atoms with Crippen LogP contribution in [-0.2, 0) is 0 Å². The standard InChI is InChI=1S/C22H24FN3O/c1-5-16(4)24-22(27)21-13-20(17-7-6-14(2)15(3)12-17)25-26(21)19-10-8-18(23)9-11-19/h6-13,16H,5H2,1-4H3,(H,24,27). The van der Waals surface area contributed by atoms with Gasteiger partial charge in [-0.3, -0.25) is 4.79 Å². The van der Waals surface area contributed by atoms with E-state index in [1.807, 2.05) is 32.9 Å². The predicted octanol–water partition coefficient (Wildman–Crippen LogP) is 4.82. The van der Waals surface area contributed by atoms with Crippen LogP contribution in [0.25, 0.3) is 16.9 Å². The van der Waals surface area contributed by atoms with Crippen LogP contribution < -0.4 is 5.32 Å². The third-order valence-electron chi connectivity index (χ3n) is 4.81. The number of carbonyl (C=O) groups is 1. The van der Waals surface area contributed by atoms with Gasteiger partial charge in [-0.15, -0.1) is 0 Å². The second-order valence-electron chi connectivity index (χ2n) is 6.88. The number of halogens is 1. The number of carbonyl (C=O) groups excluding carboxylic acids is 1. The van der Waals surface area contributed by atoms with E-state index in [4.69, 9.17) is 0 Å². The third-order valence-corrected chi connectivity index (χ3v) is 4.81. The molecular weight excluding hydrogens is 341 g/mol. The molecule has 1 heterocycles. The summed E-state index contributed by atoms with van der Waals surface area (Å²) >= 11 is 0. The average molecular weight is 365 g/mol. The molecule has 3 rings (SSSR count). The average Bonchev–Trinajstić information content (AvgIpc) is 3.10. The van der Waals surface area contributed by atoms with Crippen LogP contribution in [0.15, 0.2) is 48.5 Å². The Labute approximate surface area is 159 Å². The minimum absolute atomic E-state index is 0.0548. The Morgan fingerprint density at radius 2 is 1.81 bits per heavy atom. The summed E-state index contributed by atoms with van der Waals surface area (Å²) in [6.07, 6.45) is 0.834. The van der Waals surface area contributed by atoms with Crippen molar-refractivity contribution in [3.8, 4) is 16.9 Å². The highest BCUT2D eigenvalue weighted by molar-refractivity contribution is 5.94. The predicted molar refractivity (Wildman–Crippen MR) is 106 cm³/mol. The quantitative estimate of drug-likeness (QED) is 0.704. The van der Waals surface area contributed by atoms with Gasteiger partial charge in [-0.05, 0) is 74.7 Å². The minimum Gasteiger partial charge on any atom is -0.348 e. The molecule has 27 heavy (non-hydrogen) atoms. The molecule has 1 unspecified atom stereocenters. The Bertz CT molecular complexity index is 960. The summed E-state index contributed by atoms with van der Waals surface area (Å²) in [5.41, 5.74) is 5.07. The molecular formula is C22H24FN3O. The van der Waals surface area contributed by atoms with Crippen LogP contribution in [0.4, 0.5) is 4.39 Å². The van der Waals surface area contributed by atoms with Gasteiger partial charge in [-0.2, -0.15) is 5.10 Å². The second-order valence-corrected chi connectivity index (χ2v) is 6.88. The van der Waals surface area contributed by atoms with Gasteiger partial charge in [0.15, 0.2) is 0 Å². The van der Waals surface area contributed by atoms with Crippen LogP contribution in [0.1, 0.15) is 41.9 Å². The molecule has 0 radical (unpaired) electrons. The van der Waals surface area contributed by atoms with Crippen LogP contribution in [0.5, 0.6) is 0 Å². The molecule has 0 spiro atoms. The van der Waals surface area contributed by atoms with Crippen LogP contribution >= 0.6 is 0 Å². The molecule has 140 valence electrons. The summed E-state index contributed by atoms with van der Waals surface area (Å²) in [4.78, 5) is 12.8. The summed E-state index contributed by atoms with van der Waals surface area (Å²) in [5.74, 6) is -0.526. The molecule has 1 atom stereocenters. The van der Waals surface area contributed by atoms with Gasteiger partial charge < -0.3 is 5.32 Å². The summed E-state index contributed by atoms with van der Waals surface area (Å²) in [5, 5.41) is 7.62. The lowest BCUT2D eigenvalue weighted by Gasteiger charge is -2.12. The molecule has 0 saturated heterocycles. The van der Waals surface area contributed by atoms with Gasteiger partial charge in [0.1, 0.15) is 11.5 Å². The Kier molecular flexibility index (Phi) is 5.40. The number of nitrogens with zero attached hydrogens (tertiary/aromatic N) is 2. The van der Waals surface area contributed by atoms with Crippen molar-refractivity contribution in [3.05, 3.63) is 71.2 Å². The SMILES string of the molecule is CCC(C)NC(=O)c1cc(-c2ccc(C)c(C)c2)nn1-c1ccc(F)cc1. The van der Waals surface area contributed by atoms with Gasteiger partial charge in [-0.25, -0.2) is 9.07 Å². The Morgan fingerprint density at radius 1 is 1.11 bits per heavy atom. The van der Waals surface area contributed by atoms with Gasteiger partial charge in [0.2, 0.25) is 0 Å². The van der Waals surface area contributed by atoms with E-state index in [9.17, 15) is 9.18 Å². The highest BCUT2D eigenvalue weighted by atomic mass is 19.1. The van der Waals surface area contributed by atoms with Crippen molar-refractivity contribution >= 4 is 5.91 Å². The number of benzene rings is 2. The largest absolute Gasteiger partial charge is 0.348 e. The number of rotatable bonds is 5. The zero-order valence-corrected chi connectivity index (χ0v) is 16.1. The molecule has 1 aromatic heterocycles. The second kappa shape index (κ2) is 7.74. The number of aryl methyl sites for hydroxylation is 2. The number of hydrogen-bond acceptors (Lipinski definition) is 2.